The van der Waals surface area contributed by atoms with Crippen LogP contribution in [0.5, 0.6) is 0 Å². The van der Waals surface area contributed by atoms with Gasteiger partial charge in [0.25, 0.3) is 0 Å². The van der Waals surface area contributed by atoms with Crippen molar-refractivity contribution in [2.75, 3.05) is 6.61 Å². The van der Waals surface area contributed by atoms with Crippen molar-refractivity contribution in [1.82, 2.24) is 0 Å². The minimum Gasteiger partial charge on any atom is -0.396 e. The zero-order valence-corrected chi connectivity index (χ0v) is 3.74. The Kier molecular flexibility index (Phi) is 3.92. The second-order valence-electron chi connectivity index (χ2n) is 1.07. The van der Waals surface area contributed by atoms with E-state index in [0.717, 1.165) is 0 Å². The van der Waals surface area contributed by atoms with E-state index < -0.39 is 6.29 Å². The first-order valence-electron chi connectivity index (χ1n) is 1.90. The predicted molar refractivity (Wildman–Crippen MR) is 21.4 cm³/mol. The minimum absolute atomic E-state index is 0.0382. The van der Waals surface area contributed by atoms with Crippen molar-refractivity contribution in [1.29, 1.82) is 0 Å². The fourth-order valence-corrected chi connectivity index (χ4v) is 0.163. The van der Waals surface area contributed by atoms with Gasteiger partial charge in [0.1, 0.15) is 0 Å². The van der Waals surface area contributed by atoms with Crippen molar-refractivity contribution in [2.45, 2.75) is 12.7 Å². The molecule has 1 unspecified atom stereocenters. The first-order valence-corrected chi connectivity index (χ1v) is 1.90. The summed E-state index contributed by atoms with van der Waals surface area (Å²) < 4.78 is 0. The van der Waals surface area contributed by atoms with Crippen LogP contribution in [0.1, 0.15) is 6.42 Å². The van der Waals surface area contributed by atoms with Gasteiger partial charge >= 0.3 is 0 Å². The summed E-state index contributed by atoms with van der Waals surface area (Å²) in [6, 6.07) is 0. The summed E-state index contributed by atoms with van der Waals surface area (Å²) in [5.74, 6) is 0. The number of aliphatic hydroxyl groups is 2. The first-order chi connectivity index (χ1) is 3.31. The van der Waals surface area contributed by atoms with Gasteiger partial charge in [-0.05, 0) is 0 Å². The van der Waals surface area contributed by atoms with Crippen LogP contribution in [0.3, 0.4) is 0 Å². The lowest BCUT2D eigenvalue weighted by Gasteiger charge is -2.00. The summed E-state index contributed by atoms with van der Waals surface area (Å²) in [5, 5.41) is 23.8. The standard InChI is InChI=1S/C3H8O4/c4-2-1-3(5)7-6/h3-6H,1-2H2. The maximum absolute atomic E-state index is 8.23. The number of rotatable bonds is 3. The monoisotopic (exact) mass is 108 g/mol. The van der Waals surface area contributed by atoms with Crippen molar-refractivity contribution in [2.24, 2.45) is 0 Å². The van der Waals surface area contributed by atoms with Gasteiger partial charge in [0.15, 0.2) is 6.29 Å². The third-order valence-corrected chi connectivity index (χ3v) is 0.498. The summed E-state index contributed by atoms with van der Waals surface area (Å²) in [4.78, 5) is 3.39. The molecule has 0 spiro atoms. The van der Waals surface area contributed by atoms with E-state index in [2.05, 4.69) is 4.89 Å². The van der Waals surface area contributed by atoms with Crippen LogP contribution >= 0.6 is 0 Å². The molecule has 0 rings (SSSR count). The van der Waals surface area contributed by atoms with Crippen LogP contribution in [-0.2, 0) is 4.89 Å². The molecule has 7 heavy (non-hydrogen) atoms. The predicted octanol–water partition coefficient (Wildman–Crippen LogP) is -0.823. The normalized spacial score (nSPS) is 14.1. The molecule has 0 fully saturated rings. The second-order valence-corrected chi connectivity index (χ2v) is 1.07. The Morgan fingerprint density at radius 1 is 1.57 bits per heavy atom. The highest BCUT2D eigenvalue weighted by atomic mass is 17.1. The van der Waals surface area contributed by atoms with Crippen molar-refractivity contribution in [3.63, 3.8) is 0 Å². The van der Waals surface area contributed by atoms with Gasteiger partial charge in [-0.3, -0.25) is 0 Å². The highest BCUT2D eigenvalue weighted by Crippen LogP contribution is 1.86. The molecular weight excluding hydrogens is 100 g/mol. The Morgan fingerprint density at radius 3 is 2.29 bits per heavy atom. The zero-order chi connectivity index (χ0) is 5.70. The smallest absolute Gasteiger partial charge is 0.190 e. The Bertz CT molecular complexity index is 37.9. The molecule has 0 heterocycles. The highest BCUT2D eigenvalue weighted by molar-refractivity contribution is 4.32. The topological polar surface area (TPSA) is 69.9 Å². The number of aliphatic hydroxyl groups excluding tert-OH is 2. The van der Waals surface area contributed by atoms with E-state index in [1.165, 1.54) is 0 Å². The van der Waals surface area contributed by atoms with E-state index in [9.17, 15) is 0 Å². The molecule has 0 aliphatic heterocycles. The molecule has 0 aliphatic carbocycles. The lowest BCUT2D eigenvalue weighted by Crippen LogP contribution is -2.10. The quantitative estimate of drug-likeness (QED) is 0.251. The molecule has 0 amide bonds. The molecule has 1 atom stereocenters. The molecule has 0 radical (unpaired) electrons. The van der Waals surface area contributed by atoms with Crippen LogP contribution in [0.25, 0.3) is 0 Å². The van der Waals surface area contributed by atoms with Gasteiger partial charge in [-0.25, -0.2) is 10.1 Å². The van der Waals surface area contributed by atoms with E-state index in [1.54, 1.807) is 0 Å². The van der Waals surface area contributed by atoms with Crippen LogP contribution in [-0.4, -0.2) is 28.4 Å². The summed E-state index contributed by atoms with van der Waals surface area (Å²) >= 11 is 0. The van der Waals surface area contributed by atoms with E-state index in [4.69, 9.17) is 15.5 Å². The summed E-state index contributed by atoms with van der Waals surface area (Å²) in [5.41, 5.74) is 0. The van der Waals surface area contributed by atoms with Crippen LogP contribution in [0.2, 0.25) is 0 Å². The second kappa shape index (κ2) is 4.01. The van der Waals surface area contributed by atoms with Crippen molar-refractivity contribution >= 4 is 0 Å². The lowest BCUT2D eigenvalue weighted by atomic mass is 10.5. The van der Waals surface area contributed by atoms with Gasteiger partial charge in [0, 0.05) is 13.0 Å². The molecule has 0 bridgehead atoms. The van der Waals surface area contributed by atoms with Gasteiger partial charge in [0.2, 0.25) is 0 Å². The molecule has 0 aliphatic rings. The molecule has 4 nitrogen and oxygen atoms in total. The van der Waals surface area contributed by atoms with Crippen molar-refractivity contribution < 1.29 is 20.4 Å². The molecule has 3 N–H and O–H groups in total. The first kappa shape index (κ1) is 6.84. The molecular formula is C3H8O4. The Labute approximate surface area is 40.9 Å². The van der Waals surface area contributed by atoms with E-state index in [0.29, 0.717) is 0 Å². The third-order valence-electron chi connectivity index (χ3n) is 0.498. The lowest BCUT2D eigenvalue weighted by molar-refractivity contribution is -0.336. The number of hydrogen-bond acceptors (Lipinski definition) is 4. The van der Waals surface area contributed by atoms with Gasteiger partial charge in [-0.2, -0.15) is 0 Å². The van der Waals surface area contributed by atoms with Crippen molar-refractivity contribution in [3.05, 3.63) is 0 Å². The van der Waals surface area contributed by atoms with Gasteiger partial charge in [-0.15, -0.1) is 0 Å². The minimum atomic E-state index is -1.25. The van der Waals surface area contributed by atoms with Gasteiger partial charge in [0.05, 0.1) is 0 Å². The molecule has 0 aromatic rings. The fourth-order valence-electron chi connectivity index (χ4n) is 0.163. The summed E-state index contributed by atoms with van der Waals surface area (Å²) in [6.45, 7) is -0.193. The average molecular weight is 108 g/mol. The largest absolute Gasteiger partial charge is 0.396 e. The molecule has 0 saturated carbocycles. The number of hydrogen-bond donors (Lipinski definition) is 3. The molecule has 0 aromatic carbocycles. The highest BCUT2D eigenvalue weighted by Gasteiger charge is 1.98. The van der Waals surface area contributed by atoms with Crippen LogP contribution in [0, 0.1) is 0 Å². The summed E-state index contributed by atoms with van der Waals surface area (Å²) in [6.07, 6.45) is -1.21. The SMILES string of the molecule is OCCC(O)OO. The summed E-state index contributed by atoms with van der Waals surface area (Å²) in [7, 11) is 0. The Hall–Kier alpha value is -0.160. The Balaban J connectivity index is 2.83. The molecule has 44 valence electrons. The van der Waals surface area contributed by atoms with Crippen LogP contribution < -0.4 is 0 Å². The maximum atomic E-state index is 8.23. The van der Waals surface area contributed by atoms with Crippen molar-refractivity contribution in [3.8, 4) is 0 Å². The van der Waals surface area contributed by atoms with E-state index in [1.807, 2.05) is 0 Å². The Morgan fingerprint density at radius 2 is 2.14 bits per heavy atom. The molecule has 0 aromatic heterocycles. The molecule has 4 heteroatoms. The van der Waals surface area contributed by atoms with E-state index >= 15 is 0 Å². The fraction of sp³-hybridized carbons (Fsp3) is 1.00. The third kappa shape index (κ3) is 3.68. The van der Waals surface area contributed by atoms with Gasteiger partial charge < -0.3 is 10.2 Å². The van der Waals surface area contributed by atoms with Gasteiger partial charge in [-0.1, -0.05) is 0 Å². The molecule has 0 saturated heterocycles. The zero-order valence-electron chi connectivity index (χ0n) is 3.74. The van der Waals surface area contributed by atoms with Crippen LogP contribution in [0.15, 0.2) is 0 Å². The van der Waals surface area contributed by atoms with E-state index in [-0.39, 0.29) is 13.0 Å². The average Bonchev–Trinajstić information content (AvgIpc) is 1.68. The van der Waals surface area contributed by atoms with Crippen LogP contribution in [0.4, 0.5) is 0 Å². The maximum Gasteiger partial charge on any atom is 0.190 e.